The van der Waals surface area contributed by atoms with Gasteiger partial charge in [-0.15, -0.1) is 0 Å². The molecule has 0 N–H and O–H groups in total. The van der Waals surface area contributed by atoms with E-state index in [1.165, 1.54) is 12.0 Å². The molecule has 6 heteroatoms. The topological polar surface area (TPSA) is 38.8 Å². The SMILES string of the molecule is COC1N(C(=O)OCc2ccccc2)CCC1(Cl)Cl. The second kappa shape index (κ2) is 5.99. The smallest absolute Gasteiger partial charge is 0.412 e. The van der Waals surface area contributed by atoms with Crippen molar-refractivity contribution < 1.29 is 14.3 Å². The van der Waals surface area contributed by atoms with Gasteiger partial charge in [-0.1, -0.05) is 53.5 Å². The first kappa shape index (κ1) is 14.4. The fraction of sp³-hybridized carbons (Fsp3) is 0.462. The molecule has 1 atom stereocenters. The Morgan fingerprint density at radius 1 is 1.42 bits per heavy atom. The Labute approximate surface area is 122 Å². The highest BCUT2D eigenvalue weighted by molar-refractivity contribution is 6.49. The van der Waals surface area contributed by atoms with Crippen LogP contribution in [0.1, 0.15) is 12.0 Å². The van der Waals surface area contributed by atoms with Crippen molar-refractivity contribution in [2.24, 2.45) is 0 Å². The number of ether oxygens (including phenoxy) is 2. The van der Waals surface area contributed by atoms with E-state index in [9.17, 15) is 4.79 Å². The average Bonchev–Trinajstić information content (AvgIpc) is 2.72. The molecule has 0 radical (unpaired) electrons. The van der Waals surface area contributed by atoms with Crippen molar-refractivity contribution in [1.29, 1.82) is 0 Å². The van der Waals surface area contributed by atoms with Crippen molar-refractivity contribution in [2.45, 2.75) is 23.6 Å². The number of amides is 1. The first-order valence-corrected chi connectivity index (χ1v) is 6.68. The lowest BCUT2D eigenvalue weighted by Gasteiger charge is -2.27. The van der Waals surface area contributed by atoms with Crippen molar-refractivity contribution in [3.05, 3.63) is 35.9 Å². The molecule has 0 aromatic heterocycles. The van der Waals surface area contributed by atoms with Crippen molar-refractivity contribution in [2.75, 3.05) is 13.7 Å². The van der Waals surface area contributed by atoms with E-state index in [1.54, 1.807) is 0 Å². The molecular formula is C13H15Cl2NO3. The molecule has 1 aromatic carbocycles. The maximum atomic E-state index is 12.0. The molecule has 4 nitrogen and oxygen atoms in total. The Kier molecular flexibility index (Phi) is 4.55. The van der Waals surface area contributed by atoms with Crippen LogP contribution in [0, 0.1) is 0 Å². The predicted molar refractivity (Wildman–Crippen MR) is 73.2 cm³/mol. The second-order valence-electron chi connectivity index (χ2n) is 4.33. The Morgan fingerprint density at radius 3 is 2.74 bits per heavy atom. The number of hydrogen-bond donors (Lipinski definition) is 0. The second-order valence-corrected chi connectivity index (χ2v) is 5.88. The van der Waals surface area contributed by atoms with Gasteiger partial charge in [0.25, 0.3) is 0 Å². The number of benzene rings is 1. The van der Waals surface area contributed by atoms with Crippen LogP contribution in [0.15, 0.2) is 30.3 Å². The van der Waals surface area contributed by atoms with E-state index in [0.29, 0.717) is 13.0 Å². The first-order valence-electron chi connectivity index (χ1n) is 5.92. The maximum Gasteiger partial charge on any atom is 0.412 e. The van der Waals surface area contributed by atoms with Crippen molar-refractivity contribution >= 4 is 29.3 Å². The van der Waals surface area contributed by atoms with E-state index < -0.39 is 16.7 Å². The van der Waals surface area contributed by atoms with Gasteiger partial charge in [-0.3, -0.25) is 4.90 Å². The highest BCUT2D eigenvalue weighted by Crippen LogP contribution is 2.39. The van der Waals surface area contributed by atoms with Crippen LogP contribution in [-0.2, 0) is 16.1 Å². The van der Waals surface area contributed by atoms with Gasteiger partial charge >= 0.3 is 6.09 Å². The molecule has 0 aliphatic carbocycles. The highest BCUT2D eigenvalue weighted by Gasteiger charge is 2.48. The van der Waals surface area contributed by atoms with Gasteiger partial charge in [-0.2, -0.15) is 0 Å². The van der Waals surface area contributed by atoms with Crippen LogP contribution in [0.2, 0.25) is 0 Å². The summed E-state index contributed by atoms with van der Waals surface area (Å²) in [5.74, 6) is 0. The van der Waals surface area contributed by atoms with Crippen molar-refractivity contribution in [3.63, 3.8) is 0 Å². The van der Waals surface area contributed by atoms with Gasteiger partial charge in [-0.25, -0.2) is 4.79 Å². The summed E-state index contributed by atoms with van der Waals surface area (Å²) in [7, 11) is 1.47. The summed E-state index contributed by atoms with van der Waals surface area (Å²) in [5.41, 5.74) is 0.923. The molecule has 1 heterocycles. The Hall–Kier alpha value is -0.970. The van der Waals surface area contributed by atoms with Crippen LogP contribution in [-0.4, -0.2) is 35.2 Å². The number of alkyl halides is 2. The summed E-state index contributed by atoms with van der Waals surface area (Å²) in [4.78, 5) is 13.4. The third-order valence-electron chi connectivity index (χ3n) is 2.99. The predicted octanol–water partition coefficient (Wildman–Crippen LogP) is 3.18. The molecule has 19 heavy (non-hydrogen) atoms. The van der Waals surface area contributed by atoms with Crippen LogP contribution in [0.5, 0.6) is 0 Å². The number of methoxy groups -OCH3 is 1. The van der Waals surface area contributed by atoms with Crippen molar-refractivity contribution in [3.8, 4) is 0 Å². The summed E-state index contributed by atoms with van der Waals surface area (Å²) in [6.45, 7) is 0.628. The van der Waals surface area contributed by atoms with Crippen LogP contribution in [0.3, 0.4) is 0 Å². The maximum absolute atomic E-state index is 12.0. The average molecular weight is 304 g/mol. The van der Waals surface area contributed by atoms with E-state index in [0.717, 1.165) is 5.56 Å². The zero-order chi connectivity index (χ0) is 13.9. The molecule has 1 aliphatic heterocycles. The van der Waals surface area contributed by atoms with Crippen LogP contribution in [0.25, 0.3) is 0 Å². The lowest BCUT2D eigenvalue weighted by Crippen LogP contribution is -2.43. The van der Waals surface area contributed by atoms with Crippen LogP contribution < -0.4 is 0 Å². The number of nitrogens with zero attached hydrogens (tertiary/aromatic N) is 1. The van der Waals surface area contributed by atoms with Gasteiger partial charge in [-0.05, 0) is 5.56 Å². The Balaban J connectivity index is 1.94. The summed E-state index contributed by atoms with van der Waals surface area (Å²) >= 11 is 12.2. The summed E-state index contributed by atoms with van der Waals surface area (Å²) in [5, 5.41) is 0. The molecule has 104 valence electrons. The monoisotopic (exact) mass is 303 g/mol. The molecule has 0 bridgehead atoms. The van der Waals surface area contributed by atoms with E-state index in [4.69, 9.17) is 32.7 Å². The number of hydrogen-bond acceptors (Lipinski definition) is 3. The number of likely N-dealkylation sites (tertiary alicyclic amines) is 1. The molecule has 1 saturated heterocycles. The molecular weight excluding hydrogens is 289 g/mol. The molecule has 1 aromatic rings. The van der Waals surface area contributed by atoms with Gasteiger partial charge in [0.05, 0.1) is 0 Å². The van der Waals surface area contributed by atoms with E-state index >= 15 is 0 Å². The fourth-order valence-corrected chi connectivity index (χ4v) is 2.61. The lowest BCUT2D eigenvalue weighted by atomic mass is 10.2. The zero-order valence-electron chi connectivity index (χ0n) is 10.5. The normalized spacial score (nSPS) is 21.4. The molecule has 1 unspecified atom stereocenters. The third kappa shape index (κ3) is 3.32. The Bertz CT molecular complexity index is 439. The van der Waals surface area contributed by atoms with Gasteiger partial charge in [0.1, 0.15) is 6.61 Å². The fourth-order valence-electron chi connectivity index (χ4n) is 2.03. The lowest BCUT2D eigenvalue weighted by molar-refractivity contribution is -0.0111. The van der Waals surface area contributed by atoms with Crippen LogP contribution in [0.4, 0.5) is 4.79 Å². The number of halogens is 2. The number of carbonyl (C=O) groups is 1. The summed E-state index contributed by atoms with van der Waals surface area (Å²) < 4.78 is 9.32. The largest absolute Gasteiger partial charge is 0.444 e. The van der Waals surface area contributed by atoms with E-state index in [1.807, 2.05) is 30.3 Å². The first-order chi connectivity index (χ1) is 9.04. The van der Waals surface area contributed by atoms with Gasteiger partial charge in [0.15, 0.2) is 10.6 Å². The van der Waals surface area contributed by atoms with Gasteiger partial charge in [0.2, 0.25) is 0 Å². The zero-order valence-corrected chi connectivity index (χ0v) is 12.0. The van der Waals surface area contributed by atoms with Gasteiger partial charge in [0, 0.05) is 20.1 Å². The molecule has 0 saturated carbocycles. The van der Waals surface area contributed by atoms with Crippen molar-refractivity contribution in [1.82, 2.24) is 4.90 Å². The molecule has 1 amide bonds. The van der Waals surface area contributed by atoms with E-state index in [2.05, 4.69) is 0 Å². The molecule has 2 rings (SSSR count). The minimum Gasteiger partial charge on any atom is -0.444 e. The van der Waals surface area contributed by atoms with E-state index in [-0.39, 0.29) is 6.61 Å². The summed E-state index contributed by atoms with van der Waals surface area (Å²) in [6, 6.07) is 9.46. The minimum absolute atomic E-state index is 0.212. The number of carbonyl (C=O) groups excluding carboxylic acids is 1. The number of rotatable bonds is 3. The third-order valence-corrected chi connectivity index (χ3v) is 3.74. The molecule has 1 fully saturated rings. The quantitative estimate of drug-likeness (QED) is 0.805. The minimum atomic E-state index is -1.08. The molecule has 1 aliphatic rings. The van der Waals surface area contributed by atoms with Gasteiger partial charge < -0.3 is 9.47 Å². The highest BCUT2D eigenvalue weighted by atomic mass is 35.5. The molecule has 0 spiro atoms. The standard InChI is InChI=1S/C13H15Cl2NO3/c1-18-11-13(14,15)7-8-16(11)12(17)19-9-10-5-3-2-4-6-10/h2-6,11H,7-9H2,1H3. The summed E-state index contributed by atoms with van der Waals surface area (Å²) in [6.07, 6.45) is -0.701. The Morgan fingerprint density at radius 2 is 2.11 bits per heavy atom. The van der Waals surface area contributed by atoms with Crippen LogP contribution >= 0.6 is 23.2 Å².